The van der Waals surface area contributed by atoms with Gasteiger partial charge in [0.15, 0.2) is 5.78 Å². The molecule has 0 heterocycles. The molecule has 0 aliphatic heterocycles. The van der Waals surface area contributed by atoms with Gasteiger partial charge in [-0.05, 0) is 42.5 Å². The van der Waals surface area contributed by atoms with Crippen LogP contribution in [0.1, 0.15) is 36.2 Å². The lowest BCUT2D eigenvalue weighted by atomic mass is 9.99. The van der Waals surface area contributed by atoms with Crippen molar-refractivity contribution in [3.63, 3.8) is 0 Å². The first-order valence-corrected chi connectivity index (χ1v) is 5.32. The molecular weight excluding hydrogens is 186 g/mol. The van der Waals surface area contributed by atoms with Gasteiger partial charge in [-0.25, -0.2) is 0 Å². The van der Waals surface area contributed by atoms with Crippen LogP contribution >= 0.6 is 0 Å². The van der Waals surface area contributed by atoms with Gasteiger partial charge in [0.05, 0.1) is 0 Å². The highest BCUT2D eigenvalue weighted by Gasteiger charge is 2.50. The van der Waals surface area contributed by atoms with Crippen LogP contribution in [0.25, 0.3) is 0 Å². The number of aryl methyl sites for hydroxylation is 1. The molecule has 15 heavy (non-hydrogen) atoms. The summed E-state index contributed by atoms with van der Waals surface area (Å²) in [5.74, 6) is 0.476. The van der Waals surface area contributed by atoms with Crippen molar-refractivity contribution in [2.75, 3.05) is 5.73 Å². The van der Waals surface area contributed by atoms with Gasteiger partial charge in [0, 0.05) is 17.2 Å². The van der Waals surface area contributed by atoms with Crippen LogP contribution in [0, 0.1) is 18.3 Å². The smallest absolute Gasteiger partial charge is 0.166 e. The maximum absolute atomic E-state index is 12.0. The molecule has 1 atom stereocenters. The molecule has 1 aliphatic carbocycles. The lowest BCUT2D eigenvalue weighted by Gasteiger charge is -2.05. The normalized spacial score (nSPS) is 22.5. The summed E-state index contributed by atoms with van der Waals surface area (Å²) in [4.78, 5) is 12.0. The summed E-state index contributed by atoms with van der Waals surface area (Å²) in [5, 5.41) is 0. The second kappa shape index (κ2) is 3.09. The van der Waals surface area contributed by atoms with E-state index in [0.29, 0.717) is 0 Å². The van der Waals surface area contributed by atoms with Gasteiger partial charge in [-0.1, -0.05) is 13.8 Å². The molecule has 0 aromatic heterocycles. The van der Waals surface area contributed by atoms with Gasteiger partial charge < -0.3 is 5.73 Å². The van der Waals surface area contributed by atoms with Gasteiger partial charge in [0.2, 0.25) is 0 Å². The van der Waals surface area contributed by atoms with Gasteiger partial charge in [0.1, 0.15) is 0 Å². The zero-order valence-electron chi connectivity index (χ0n) is 9.50. The van der Waals surface area contributed by atoms with E-state index in [1.165, 1.54) is 0 Å². The standard InChI is InChI=1S/C13H17NO/c1-8-6-9(4-5-11(8)14)12(15)10-7-13(10,2)3/h4-6,10H,7,14H2,1-3H3. The van der Waals surface area contributed by atoms with E-state index in [-0.39, 0.29) is 17.1 Å². The van der Waals surface area contributed by atoms with Crippen molar-refractivity contribution >= 4 is 11.5 Å². The van der Waals surface area contributed by atoms with Gasteiger partial charge >= 0.3 is 0 Å². The van der Waals surface area contributed by atoms with Crippen molar-refractivity contribution in [1.29, 1.82) is 0 Å². The van der Waals surface area contributed by atoms with Crippen molar-refractivity contribution in [3.05, 3.63) is 29.3 Å². The molecule has 2 N–H and O–H groups in total. The molecule has 2 nitrogen and oxygen atoms in total. The fourth-order valence-corrected chi connectivity index (χ4v) is 1.94. The minimum Gasteiger partial charge on any atom is -0.399 e. The Bertz CT molecular complexity index is 421. The Morgan fingerprint density at radius 3 is 2.53 bits per heavy atom. The highest BCUT2D eigenvalue weighted by Crippen LogP contribution is 2.53. The van der Waals surface area contributed by atoms with E-state index < -0.39 is 0 Å². The fourth-order valence-electron chi connectivity index (χ4n) is 1.94. The van der Waals surface area contributed by atoms with Gasteiger partial charge in [0.25, 0.3) is 0 Å². The zero-order chi connectivity index (χ0) is 11.2. The number of ketones is 1. The lowest BCUT2D eigenvalue weighted by Crippen LogP contribution is -2.07. The minimum atomic E-state index is 0.201. The molecule has 0 radical (unpaired) electrons. The number of nitrogens with two attached hydrogens (primary N) is 1. The monoisotopic (exact) mass is 203 g/mol. The molecule has 1 saturated carbocycles. The zero-order valence-corrected chi connectivity index (χ0v) is 9.50. The van der Waals surface area contributed by atoms with Crippen LogP contribution in [0.15, 0.2) is 18.2 Å². The van der Waals surface area contributed by atoms with Crippen molar-refractivity contribution in [1.82, 2.24) is 0 Å². The molecule has 2 rings (SSSR count). The SMILES string of the molecule is Cc1cc(C(=O)C2CC2(C)C)ccc1N. The average Bonchev–Trinajstić information content (AvgIpc) is 2.79. The molecular formula is C13H17NO. The topological polar surface area (TPSA) is 43.1 Å². The maximum Gasteiger partial charge on any atom is 0.166 e. The fraction of sp³-hybridized carbons (Fsp3) is 0.462. The van der Waals surface area contributed by atoms with Gasteiger partial charge in [-0.15, -0.1) is 0 Å². The van der Waals surface area contributed by atoms with Crippen molar-refractivity contribution < 1.29 is 4.79 Å². The number of carbonyl (C=O) groups is 1. The molecule has 80 valence electrons. The number of benzene rings is 1. The number of carbonyl (C=O) groups excluding carboxylic acids is 1. The molecule has 0 saturated heterocycles. The van der Waals surface area contributed by atoms with E-state index in [0.717, 1.165) is 23.2 Å². The Morgan fingerprint density at radius 2 is 2.07 bits per heavy atom. The third-order valence-electron chi connectivity index (χ3n) is 3.38. The highest BCUT2D eigenvalue weighted by molar-refractivity contribution is 6.00. The number of nitrogen functional groups attached to an aromatic ring is 1. The lowest BCUT2D eigenvalue weighted by molar-refractivity contribution is 0.0953. The number of Topliss-reactive ketones (excluding diaryl/α,β-unsaturated/α-hetero) is 1. The number of hydrogen-bond acceptors (Lipinski definition) is 2. The molecule has 1 aromatic carbocycles. The Hall–Kier alpha value is -1.31. The Balaban J connectivity index is 2.24. The first kappa shape index (κ1) is 10.2. The summed E-state index contributed by atoms with van der Waals surface area (Å²) in [6.45, 7) is 6.21. The molecule has 1 fully saturated rings. The van der Waals surface area contributed by atoms with Crippen LogP contribution in [-0.4, -0.2) is 5.78 Å². The molecule has 1 aliphatic rings. The highest BCUT2D eigenvalue weighted by atomic mass is 16.1. The average molecular weight is 203 g/mol. The van der Waals surface area contributed by atoms with Crippen LogP contribution < -0.4 is 5.73 Å². The Morgan fingerprint density at radius 1 is 1.47 bits per heavy atom. The molecule has 0 bridgehead atoms. The number of hydrogen-bond donors (Lipinski definition) is 1. The van der Waals surface area contributed by atoms with Crippen LogP contribution in [-0.2, 0) is 0 Å². The molecule has 0 amide bonds. The molecule has 0 spiro atoms. The van der Waals surface area contributed by atoms with E-state index in [2.05, 4.69) is 13.8 Å². The third kappa shape index (κ3) is 1.76. The predicted octanol–water partition coefficient (Wildman–Crippen LogP) is 2.81. The molecule has 1 aromatic rings. The summed E-state index contributed by atoms with van der Waals surface area (Å²) < 4.78 is 0. The molecule has 1 unspecified atom stereocenters. The Kier molecular flexibility index (Phi) is 2.10. The van der Waals surface area contributed by atoms with Crippen LogP contribution in [0.5, 0.6) is 0 Å². The van der Waals surface area contributed by atoms with Crippen LogP contribution in [0.4, 0.5) is 5.69 Å². The van der Waals surface area contributed by atoms with E-state index >= 15 is 0 Å². The van der Waals surface area contributed by atoms with Gasteiger partial charge in [-0.2, -0.15) is 0 Å². The van der Waals surface area contributed by atoms with Crippen molar-refractivity contribution in [3.8, 4) is 0 Å². The van der Waals surface area contributed by atoms with Crippen LogP contribution in [0.3, 0.4) is 0 Å². The largest absolute Gasteiger partial charge is 0.399 e. The number of anilines is 1. The van der Waals surface area contributed by atoms with E-state index in [1.807, 2.05) is 25.1 Å². The second-order valence-corrected chi connectivity index (χ2v) is 5.18. The van der Waals surface area contributed by atoms with Crippen LogP contribution in [0.2, 0.25) is 0 Å². The minimum absolute atomic E-state index is 0.201. The first-order chi connectivity index (χ1) is 6.92. The van der Waals surface area contributed by atoms with Gasteiger partial charge in [-0.3, -0.25) is 4.79 Å². The third-order valence-corrected chi connectivity index (χ3v) is 3.38. The van der Waals surface area contributed by atoms with Crippen molar-refractivity contribution in [2.45, 2.75) is 27.2 Å². The summed E-state index contributed by atoms with van der Waals surface area (Å²) in [5.41, 5.74) is 8.46. The maximum atomic E-state index is 12.0. The first-order valence-electron chi connectivity index (χ1n) is 5.32. The summed E-state index contributed by atoms with van der Waals surface area (Å²) >= 11 is 0. The number of rotatable bonds is 2. The van der Waals surface area contributed by atoms with E-state index in [1.54, 1.807) is 0 Å². The van der Waals surface area contributed by atoms with E-state index in [9.17, 15) is 4.79 Å². The quantitative estimate of drug-likeness (QED) is 0.593. The predicted molar refractivity (Wildman–Crippen MR) is 61.8 cm³/mol. The summed E-state index contributed by atoms with van der Waals surface area (Å²) in [6, 6.07) is 5.54. The van der Waals surface area contributed by atoms with E-state index in [4.69, 9.17) is 5.73 Å². The second-order valence-electron chi connectivity index (χ2n) is 5.18. The Labute approximate surface area is 90.5 Å². The summed E-state index contributed by atoms with van der Waals surface area (Å²) in [6.07, 6.45) is 1.01. The molecule has 2 heteroatoms. The summed E-state index contributed by atoms with van der Waals surface area (Å²) in [7, 11) is 0. The van der Waals surface area contributed by atoms with Crippen molar-refractivity contribution in [2.24, 2.45) is 11.3 Å².